The van der Waals surface area contributed by atoms with Crippen LogP contribution in [-0.4, -0.2) is 21.4 Å². The van der Waals surface area contributed by atoms with E-state index in [-0.39, 0.29) is 0 Å². The Hall–Kier alpha value is -0.0800. The van der Waals surface area contributed by atoms with Crippen LogP contribution in [0.3, 0.4) is 0 Å². The van der Waals surface area contributed by atoms with Crippen molar-refractivity contribution in [3.05, 3.63) is 0 Å². The van der Waals surface area contributed by atoms with Crippen LogP contribution in [0.25, 0.3) is 0 Å². The fraction of sp³-hybridized carbons (Fsp3) is 1.00. The van der Waals surface area contributed by atoms with E-state index in [0.717, 1.165) is 32.1 Å². The maximum absolute atomic E-state index is 10.7. The Morgan fingerprint density at radius 2 is 1.12 bits per heavy atom. The van der Waals surface area contributed by atoms with Crippen molar-refractivity contribution in [2.45, 2.75) is 63.6 Å². The van der Waals surface area contributed by atoms with E-state index in [2.05, 4.69) is 0 Å². The summed E-state index contributed by atoms with van der Waals surface area (Å²) in [5.41, 5.74) is -0.933. The molecular formula is C14H24O2. The van der Waals surface area contributed by atoms with Gasteiger partial charge in [-0.15, -0.1) is 0 Å². The summed E-state index contributed by atoms with van der Waals surface area (Å²) >= 11 is 0. The third-order valence-electron chi connectivity index (χ3n) is 6.12. The average molecular weight is 224 g/mol. The predicted octanol–water partition coefficient (Wildman–Crippen LogP) is 2.33. The van der Waals surface area contributed by atoms with Crippen molar-refractivity contribution in [1.29, 1.82) is 0 Å². The van der Waals surface area contributed by atoms with Gasteiger partial charge in [-0.3, -0.25) is 0 Å². The second-order valence-electron chi connectivity index (χ2n) is 6.88. The molecule has 2 N–H and O–H groups in total. The molecule has 4 rings (SSSR count). The van der Waals surface area contributed by atoms with E-state index in [9.17, 15) is 10.2 Å². The summed E-state index contributed by atoms with van der Waals surface area (Å²) in [5.74, 6) is 1.71. The van der Waals surface area contributed by atoms with Gasteiger partial charge in [0.15, 0.2) is 0 Å². The predicted molar refractivity (Wildman–Crippen MR) is 62.9 cm³/mol. The Morgan fingerprint density at radius 1 is 0.750 bits per heavy atom. The van der Waals surface area contributed by atoms with Crippen LogP contribution in [-0.2, 0) is 0 Å². The molecule has 4 aliphatic rings. The molecule has 92 valence electrons. The topological polar surface area (TPSA) is 40.5 Å². The van der Waals surface area contributed by atoms with Crippen molar-refractivity contribution in [3.63, 3.8) is 0 Å². The normalized spacial score (nSPS) is 60.8. The van der Waals surface area contributed by atoms with Gasteiger partial charge < -0.3 is 10.2 Å². The Morgan fingerprint density at radius 3 is 1.56 bits per heavy atom. The summed E-state index contributed by atoms with van der Waals surface area (Å²) in [7, 11) is 0. The van der Waals surface area contributed by atoms with Crippen LogP contribution >= 0.6 is 0 Å². The van der Waals surface area contributed by atoms with Gasteiger partial charge in [-0.1, -0.05) is 6.42 Å². The smallest absolute Gasteiger partial charge is 0.0676 e. The van der Waals surface area contributed by atoms with Gasteiger partial charge in [0.05, 0.1) is 11.2 Å². The van der Waals surface area contributed by atoms with Crippen molar-refractivity contribution >= 4 is 0 Å². The summed E-state index contributed by atoms with van der Waals surface area (Å²) in [6.07, 6.45) is 6.60. The largest absolute Gasteiger partial charge is 0.390 e. The minimum absolute atomic E-state index is 0.420. The second-order valence-corrected chi connectivity index (χ2v) is 6.88. The molecule has 1 unspecified atom stereocenters. The third-order valence-corrected chi connectivity index (χ3v) is 6.12. The monoisotopic (exact) mass is 224 g/mol. The lowest BCUT2D eigenvalue weighted by molar-refractivity contribution is -0.199. The molecule has 4 saturated carbocycles. The van der Waals surface area contributed by atoms with Gasteiger partial charge in [-0.25, -0.2) is 0 Å². The lowest BCUT2D eigenvalue weighted by Gasteiger charge is -2.59. The molecule has 4 bridgehead atoms. The van der Waals surface area contributed by atoms with E-state index in [1.807, 2.05) is 13.8 Å². The Balaban J connectivity index is 1.99. The molecule has 0 spiro atoms. The van der Waals surface area contributed by atoms with E-state index in [1.54, 1.807) is 0 Å². The molecule has 0 aromatic rings. The van der Waals surface area contributed by atoms with E-state index >= 15 is 0 Å². The molecule has 6 atom stereocenters. The fourth-order valence-electron chi connectivity index (χ4n) is 4.75. The summed E-state index contributed by atoms with van der Waals surface area (Å²) in [6.45, 7) is 4.09. The highest BCUT2D eigenvalue weighted by Gasteiger charge is 2.57. The number of fused-ring (bicyclic) bond motifs is 2. The van der Waals surface area contributed by atoms with Crippen LogP contribution in [0.15, 0.2) is 0 Å². The molecule has 4 aliphatic carbocycles. The molecule has 4 fully saturated rings. The van der Waals surface area contributed by atoms with Crippen molar-refractivity contribution in [3.8, 4) is 0 Å². The lowest BCUT2D eigenvalue weighted by Crippen LogP contribution is -2.60. The van der Waals surface area contributed by atoms with Gasteiger partial charge in [0, 0.05) is 0 Å². The Bertz CT molecular complexity index is 255. The van der Waals surface area contributed by atoms with E-state index in [0.29, 0.717) is 23.7 Å². The zero-order chi connectivity index (χ0) is 11.6. The second kappa shape index (κ2) is 3.23. The van der Waals surface area contributed by atoms with Crippen LogP contribution in [0.1, 0.15) is 52.4 Å². The highest BCUT2D eigenvalue weighted by Crippen LogP contribution is 2.57. The SMILES string of the molecule is C[C@]1(O)[C@@H]2CC3C[C@@H]1CCC[C@H](C2)[C@]3(C)O. The van der Waals surface area contributed by atoms with Crippen LogP contribution in [0.2, 0.25) is 0 Å². The quantitative estimate of drug-likeness (QED) is 0.663. The molecule has 0 saturated heterocycles. The Kier molecular flexibility index (Phi) is 2.23. The van der Waals surface area contributed by atoms with Crippen LogP contribution < -0.4 is 0 Å². The summed E-state index contributed by atoms with van der Waals surface area (Å²) in [6, 6.07) is 0. The number of rotatable bonds is 0. The zero-order valence-corrected chi connectivity index (χ0v) is 10.4. The first-order valence-electron chi connectivity index (χ1n) is 6.87. The molecule has 2 nitrogen and oxygen atoms in total. The fourth-order valence-corrected chi connectivity index (χ4v) is 4.75. The maximum atomic E-state index is 10.7. The van der Waals surface area contributed by atoms with E-state index < -0.39 is 11.2 Å². The first-order chi connectivity index (χ1) is 7.42. The van der Waals surface area contributed by atoms with Gasteiger partial charge in [0.1, 0.15) is 0 Å². The third kappa shape index (κ3) is 1.32. The van der Waals surface area contributed by atoms with Crippen LogP contribution in [0, 0.1) is 23.7 Å². The molecule has 0 aromatic carbocycles. The van der Waals surface area contributed by atoms with E-state index in [4.69, 9.17) is 0 Å². The molecule has 0 aliphatic heterocycles. The number of hydrogen-bond acceptors (Lipinski definition) is 2. The van der Waals surface area contributed by atoms with Gasteiger partial charge in [-0.2, -0.15) is 0 Å². The molecule has 0 aromatic heterocycles. The van der Waals surface area contributed by atoms with Gasteiger partial charge in [0.25, 0.3) is 0 Å². The average Bonchev–Trinajstić information content (AvgIpc) is 2.19. The first kappa shape index (κ1) is 11.0. The molecule has 0 radical (unpaired) electrons. The lowest BCUT2D eigenvalue weighted by atomic mass is 9.50. The molecule has 0 heterocycles. The van der Waals surface area contributed by atoms with Gasteiger partial charge in [-0.05, 0) is 69.6 Å². The maximum Gasteiger partial charge on any atom is 0.0676 e. The zero-order valence-electron chi connectivity index (χ0n) is 10.4. The van der Waals surface area contributed by atoms with Gasteiger partial charge >= 0.3 is 0 Å². The summed E-state index contributed by atoms with van der Waals surface area (Å²) in [4.78, 5) is 0. The van der Waals surface area contributed by atoms with Gasteiger partial charge in [0.2, 0.25) is 0 Å². The van der Waals surface area contributed by atoms with Crippen LogP contribution in [0.5, 0.6) is 0 Å². The highest BCUT2D eigenvalue weighted by atomic mass is 16.3. The summed E-state index contributed by atoms with van der Waals surface area (Å²) in [5, 5.41) is 21.4. The van der Waals surface area contributed by atoms with Crippen molar-refractivity contribution < 1.29 is 10.2 Å². The molecular weight excluding hydrogens is 200 g/mol. The highest BCUT2D eigenvalue weighted by molar-refractivity contribution is 5.07. The minimum Gasteiger partial charge on any atom is -0.390 e. The first-order valence-corrected chi connectivity index (χ1v) is 6.87. The standard InChI is InChI=1S/C14H24O2/c1-13(15)9-4-3-5-10-7-11(13)8-12(6-9)14(10,2)16/h9-12,15-16H,3-8H2,1-2H3/t9-,10+,11-,12?,13+,14-/m0/s1. The Labute approximate surface area is 98.1 Å². The number of aliphatic hydroxyl groups is 2. The van der Waals surface area contributed by atoms with Crippen LogP contribution in [0.4, 0.5) is 0 Å². The number of hydrogen-bond donors (Lipinski definition) is 2. The van der Waals surface area contributed by atoms with Crippen molar-refractivity contribution in [2.24, 2.45) is 23.7 Å². The molecule has 16 heavy (non-hydrogen) atoms. The molecule has 0 amide bonds. The summed E-state index contributed by atoms with van der Waals surface area (Å²) < 4.78 is 0. The minimum atomic E-state index is -0.467. The van der Waals surface area contributed by atoms with E-state index in [1.165, 1.54) is 6.42 Å². The molecule has 2 heteroatoms. The van der Waals surface area contributed by atoms with Crippen molar-refractivity contribution in [1.82, 2.24) is 0 Å². The van der Waals surface area contributed by atoms with Crippen molar-refractivity contribution in [2.75, 3.05) is 0 Å².